The van der Waals surface area contributed by atoms with E-state index in [4.69, 9.17) is 0 Å². The van der Waals surface area contributed by atoms with E-state index in [1.54, 1.807) is 0 Å². The Morgan fingerprint density at radius 2 is 2.24 bits per heavy atom. The molecule has 1 amide bonds. The highest BCUT2D eigenvalue weighted by molar-refractivity contribution is 7.92. The van der Waals surface area contributed by atoms with Gasteiger partial charge >= 0.3 is 5.97 Å². The Hall–Kier alpha value is -1.90. The normalized spacial score (nSPS) is 20.7. The summed E-state index contributed by atoms with van der Waals surface area (Å²) < 4.78 is 29.5. The minimum Gasteiger partial charge on any atom is -0.468 e. The number of carbonyl (C=O) groups is 2. The van der Waals surface area contributed by atoms with E-state index in [-0.39, 0.29) is 12.3 Å². The molecule has 0 radical (unpaired) electrons. The molecule has 9 heteroatoms. The molecule has 116 valence electrons. The van der Waals surface area contributed by atoms with Gasteiger partial charge in [-0.2, -0.15) is 5.10 Å². The first-order valence-electron chi connectivity index (χ1n) is 6.54. The monoisotopic (exact) mass is 315 g/mol. The highest BCUT2D eigenvalue weighted by Crippen LogP contribution is 2.21. The van der Waals surface area contributed by atoms with Crippen LogP contribution in [-0.4, -0.2) is 48.2 Å². The Balaban J connectivity index is 2.01. The number of amides is 1. The maximum atomic E-state index is 12.1. The zero-order valence-electron chi connectivity index (χ0n) is 11.6. The van der Waals surface area contributed by atoms with Crippen molar-refractivity contribution in [1.29, 1.82) is 0 Å². The van der Waals surface area contributed by atoms with Crippen molar-refractivity contribution in [3.05, 3.63) is 12.4 Å². The molecular weight excluding hydrogens is 298 g/mol. The Labute approximate surface area is 122 Å². The van der Waals surface area contributed by atoms with Gasteiger partial charge in [0.25, 0.3) is 0 Å². The van der Waals surface area contributed by atoms with Crippen molar-refractivity contribution in [3.63, 3.8) is 0 Å². The maximum Gasteiger partial charge on any atom is 0.327 e. The lowest BCUT2D eigenvalue weighted by Crippen LogP contribution is -2.39. The van der Waals surface area contributed by atoms with Gasteiger partial charge in [0.05, 0.1) is 24.7 Å². The number of carbonyl (C=O) groups excluding carboxylic acids is 2. The van der Waals surface area contributed by atoms with E-state index >= 15 is 0 Å². The summed E-state index contributed by atoms with van der Waals surface area (Å²) in [5.41, 5.74) is 0.352. The molecule has 1 atom stereocenters. The summed E-state index contributed by atoms with van der Waals surface area (Å²) in [6, 6.07) is 0. The average Bonchev–Trinajstić information content (AvgIpc) is 2.85. The van der Waals surface area contributed by atoms with Gasteiger partial charge in [-0.25, -0.2) is 8.42 Å². The SMILES string of the molecule is COC(=O)Cn1cc(NC(=O)C2CCCCS2(=O)=O)cn1. The Morgan fingerprint density at radius 3 is 2.90 bits per heavy atom. The van der Waals surface area contributed by atoms with Crippen molar-refractivity contribution >= 4 is 27.4 Å². The molecular formula is C12H17N3O5S. The molecule has 1 N–H and O–H groups in total. The van der Waals surface area contributed by atoms with Gasteiger partial charge in [-0.05, 0) is 12.8 Å². The van der Waals surface area contributed by atoms with E-state index in [2.05, 4.69) is 15.2 Å². The van der Waals surface area contributed by atoms with Crippen molar-refractivity contribution in [1.82, 2.24) is 9.78 Å². The highest BCUT2D eigenvalue weighted by Gasteiger charge is 2.34. The van der Waals surface area contributed by atoms with Crippen molar-refractivity contribution in [2.24, 2.45) is 0 Å². The number of hydrogen-bond donors (Lipinski definition) is 1. The van der Waals surface area contributed by atoms with E-state index in [0.717, 1.165) is 6.42 Å². The van der Waals surface area contributed by atoms with Crippen molar-refractivity contribution in [3.8, 4) is 0 Å². The van der Waals surface area contributed by atoms with Gasteiger partial charge < -0.3 is 10.1 Å². The summed E-state index contributed by atoms with van der Waals surface area (Å²) in [5.74, 6) is -0.967. The second-order valence-electron chi connectivity index (χ2n) is 4.84. The summed E-state index contributed by atoms with van der Waals surface area (Å²) in [6.07, 6.45) is 4.47. The summed E-state index contributed by atoms with van der Waals surface area (Å²) in [6.45, 7) is -0.0753. The van der Waals surface area contributed by atoms with Crippen LogP contribution in [0.4, 0.5) is 5.69 Å². The van der Waals surface area contributed by atoms with Gasteiger partial charge in [0.15, 0.2) is 9.84 Å². The molecule has 1 fully saturated rings. The molecule has 1 aliphatic rings. The highest BCUT2D eigenvalue weighted by atomic mass is 32.2. The molecule has 1 aromatic rings. The number of aromatic nitrogens is 2. The van der Waals surface area contributed by atoms with Crippen LogP contribution in [0, 0.1) is 0 Å². The molecule has 8 nitrogen and oxygen atoms in total. The topological polar surface area (TPSA) is 107 Å². The molecule has 0 aromatic carbocycles. The van der Waals surface area contributed by atoms with E-state index in [0.29, 0.717) is 18.5 Å². The smallest absolute Gasteiger partial charge is 0.327 e. The molecule has 0 saturated carbocycles. The minimum atomic E-state index is -3.37. The van der Waals surface area contributed by atoms with Crippen LogP contribution >= 0.6 is 0 Å². The first-order valence-corrected chi connectivity index (χ1v) is 8.25. The minimum absolute atomic E-state index is 0.0483. The zero-order chi connectivity index (χ0) is 15.5. The Morgan fingerprint density at radius 1 is 1.48 bits per heavy atom. The van der Waals surface area contributed by atoms with Gasteiger partial charge in [-0.3, -0.25) is 14.3 Å². The van der Waals surface area contributed by atoms with Gasteiger partial charge in [0.2, 0.25) is 5.91 Å². The largest absolute Gasteiger partial charge is 0.468 e. The fraction of sp³-hybridized carbons (Fsp3) is 0.583. The van der Waals surface area contributed by atoms with Gasteiger partial charge in [-0.15, -0.1) is 0 Å². The summed E-state index contributed by atoms with van der Waals surface area (Å²) in [4.78, 5) is 23.1. The molecule has 1 unspecified atom stereocenters. The number of sulfone groups is 1. The van der Waals surface area contributed by atoms with Crippen LogP contribution in [0.3, 0.4) is 0 Å². The molecule has 1 saturated heterocycles. The van der Waals surface area contributed by atoms with Crippen molar-refractivity contribution in [2.45, 2.75) is 31.1 Å². The molecule has 0 bridgehead atoms. The fourth-order valence-corrected chi connectivity index (χ4v) is 3.99. The third kappa shape index (κ3) is 3.81. The third-order valence-corrected chi connectivity index (χ3v) is 5.47. The van der Waals surface area contributed by atoms with E-state index in [1.165, 1.54) is 24.2 Å². The van der Waals surface area contributed by atoms with Crippen molar-refractivity contribution in [2.75, 3.05) is 18.2 Å². The standard InChI is InChI=1S/C12H17N3O5S/c1-20-11(16)8-15-7-9(6-13-15)14-12(17)10-4-2-3-5-21(10,18)19/h6-7,10H,2-5,8H2,1H3,(H,14,17). The van der Waals surface area contributed by atoms with Gasteiger partial charge in [0.1, 0.15) is 11.8 Å². The zero-order valence-corrected chi connectivity index (χ0v) is 12.4. The van der Waals surface area contributed by atoms with Crippen LogP contribution in [0.1, 0.15) is 19.3 Å². The summed E-state index contributed by atoms with van der Waals surface area (Å²) in [7, 11) is -2.11. The molecule has 21 heavy (non-hydrogen) atoms. The quantitative estimate of drug-likeness (QED) is 0.781. The van der Waals surface area contributed by atoms with E-state index < -0.39 is 27.0 Å². The molecule has 0 aliphatic carbocycles. The van der Waals surface area contributed by atoms with E-state index in [1.807, 2.05) is 0 Å². The predicted molar refractivity (Wildman–Crippen MR) is 74.3 cm³/mol. The number of nitrogens with zero attached hydrogens (tertiary/aromatic N) is 2. The van der Waals surface area contributed by atoms with Crippen LogP contribution in [0.5, 0.6) is 0 Å². The van der Waals surface area contributed by atoms with Crippen LogP contribution in [0.15, 0.2) is 12.4 Å². The van der Waals surface area contributed by atoms with Crippen LogP contribution in [0.25, 0.3) is 0 Å². The number of ether oxygens (including phenoxy) is 1. The lowest BCUT2D eigenvalue weighted by atomic mass is 10.2. The summed E-state index contributed by atoms with van der Waals surface area (Å²) in [5, 5.41) is 5.41. The van der Waals surface area contributed by atoms with Crippen LogP contribution in [0.2, 0.25) is 0 Å². The van der Waals surface area contributed by atoms with Gasteiger partial charge in [-0.1, -0.05) is 6.42 Å². The second-order valence-corrected chi connectivity index (χ2v) is 7.15. The number of rotatable bonds is 4. The lowest BCUT2D eigenvalue weighted by molar-refractivity contribution is -0.141. The second kappa shape index (κ2) is 6.25. The Kier molecular flexibility index (Phi) is 4.61. The number of anilines is 1. The third-order valence-electron chi connectivity index (χ3n) is 3.29. The average molecular weight is 315 g/mol. The van der Waals surface area contributed by atoms with Crippen molar-refractivity contribution < 1.29 is 22.7 Å². The summed E-state index contributed by atoms with van der Waals surface area (Å²) >= 11 is 0. The van der Waals surface area contributed by atoms with Gasteiger partial charge in [0, 0.05) is 6.20 Å². The molecule has 1 aliphatic heterocycles. The number of esters is 1. The first kappa shape index (κ1) is 15.5. The first-order chi connectivity index (χ1) is 9.92. The van der Waals surface area contributed by atoms with E-state index in [9.17, 15) is 18.0 Å². The number of hydrogen-bond acceptors (Lipinski definition) is 6. The number of nitrogens with one attached hydrogen (secondary N) is 1. The molecule has 2 heterocycles. The fourth-order valence-electron chi connectivity index (χ4n) is 2.18. The molecule has 0 spiro atoms. The number of methoxy groups -OCH3 is 1. The Bertz CT molecular complexity index is 637. The van der Waals surface area contributed by atoms with Crippen LogP contribution in [-0.2, 0) is 30.7 Å². The molecule has 2 rings (SSSR count). The maximum absolute atomic E-state index is 12.1. The predicted octanol–water partition coefficient (Wildman–Crippen LogP) is -0.0381. The van der Waals surface area contributed by atoms with Crippen LogP contribution < -0.4 is 5.32 Å². The molecule has 1 aromatic heterocycles. The lowest BCUT2D eigenvalue weighted by Gasteiger charge is -2.20.